The van der Waals surface area contributed by atoms with Gasteiger partial charge in [-0.05, 0) is 42.8 Å². The molecule has 0 atom stereocenters. The molecule has 19 heavy (non-hydrogen) atoms. The van der Waals surface area contributed by atoms with Crippen molar-refractivity contribution in [2.75, 3.05) is 12.4 Å². The number of halogens is 1. The fourth-order valence-electron chi connectivity index (χ4n) is 1.60. The highest BCUT2D eigenvalue weighted by Crippen LogP contribution is 2.18. The molecule has 1 aromatic heterocycles. The van der Waals surface area contributed by atoms with Crippen LogP contribution in [-0.2, 0) is 0 Å². The molecule has 98 valence electrons. The Hall–Kier alpha value is -2.43. The molecule has 1 N–H and O–H groups in total. The summed E-state index contributed by atoms with van der Waals surface area (Å²) in [6, 6.07) is 7.59. The van der Waals surface area contributed by atoms with Gasteiger partial charge in [-0.15, -0.1) is 0 Å². The number of nitrogens with zero attached hydrogens (tertiary/aromatic N) is 1. The molecule has 0 unspecified atom stereocenters. The average molecular weight is 260 g/mol. The van der Waals surface area contributed by atoms with Gasteiger partial charge in [-0.1, -0.05) is 0 Å². The van der Waals surface area contributed by atoms with Crippen LogP contribution in [0.15, 0.2) is 36.5 Å². The lowest BCUT2D eigenvalue weighted by atomic mass is 10.2. The number of aromatic nitrogens is 1. The molecule has 1 aromatic carbocycles. The summed E-state index contributed by atoms with van der Waals surface area (Å²) in [4.78, 5) is 15.9. The predicted octanol–water partition coefficient (Wildman–Crippen LogP) is 2.79. The standard InChI is InChI=1S/C14H13FN2O2/c1-9-5-6-16-13(7-9)17-14(18)10-3-4-12(19-2)11(15)8-10/h3-8H,1-2H3,(H,16,17,18). The molecule has 0 aliphatic rings. The molecule has 1 amide bonds. The number of rotatable bonds is 3. The normalized spacial score (nSPS) is 10.1. The van der Waals surface area contributed by atoms with Crippen LogP contribution >= 0.6 is 0 Å². The molecular weight excluding hydrogens is 247 g/mol. The Balaban J connectivity index is 2.18. The molecule has 0 saturated carbocycles. The second kappa shape index (κ2) is 5.48. The van der Waals surface area contributed by atoms with Crippen molar-refractivity contribution in [3.63, 3.8) is 0 Å². The summed E-state index contributed by atoms with van der Waals surface area (Å²) in [7, 11) is 1.37. The van der Waals surface area contributed by atoms with Gasteiger partial charge in [-0.25, -0.2) is 9.37 Å². The van der Waals surface area contributed by atoms with Gasteiger partial charge in [0.1, 0.15) is 5.82 Å². The van der Waals surface area contributed by atoms with E-state index in [4.69, 9.17) is 4.74 Å². The molecule has 5 heteroatoms. The maximum atomic E-state index is 13.5. The molecule has 0 bridgehead atoms. The lowest BCUT2D eigenvalue weighted by Crippen LogP contribution is -2.13. The van der Waals surface area contributed by atoms with Gasteiger partial charge in [0.05, 0.1) is 7.11 Å². The summed E-state index contributed by atoms with van der Waals surface area (Å²) in [5.74, 6) is -0.460. The minimum absolute atomic E-state index is 0.102. The van der Waals surface area contributed by atoms with E-state index in [1.807, 2.05) is 13.0 Å². The zero-order valence-corrected chi connectivity index (χ0v) is 10.6. The fourth-order valence-corrected chi connectivity index (χ4v) is 1.60. The van der Waals surface area contributed by atoms with Crippen LogP contribution in [0, 0.1) is 12.7 Å². The molecule has 0 aliphatic heterocycles. The van der Waals surface area contributed by atoms with Crippen molar-refractivity contribution in [3.8, 4) is 5.75 Å². The minimum atomic E-state index is -0.577. The molecule has 4 nitrogen and oxygen atoms in total. The third-order valence-corrected chi connectivity index (χ3v) is 2.57. The minimum Gasteiger partial charge on any atom is -0.494 e. The molecule has 0 spiro atoms. The van der Waals surface area contributed by atoms with E-state index in [1.54, 1.807) is 12.3 Å². The van der Waals surface area contributed by atoms with Crippen molar-refractivity contribution >= 4 is 11.7 Å². The summed E-state index contributed by atoms with van der Waals surface area (Å²) >= 11 is 0. The molecule has 0 aliphatic carbocycles. The molecule has 1 heterocycles. The molecular formula is C14H13FN2O2. The first-order valence-corrected chi connectivity index (χ1v) is 5.67. The van der Waals surface area contributed by atoms with Gasteiger partial charge in [-0.3, -0.25) is 4.79 Å². The Kier molecular flexibility index (Phi) is 3.75. The number of methoxy groups -OCH3 is 1. The smallest absolute Gasteiger partial charge is 0.256 e. The summed E-state index contributed by atoms with van der Waals surface area (Å²) in [5, 5.41) is 2.61. The van der Waals surface area contributed by atoms with Crippen LogP contribution in [0.5, 0.6) is 5.75 Å². The topological polar surface area (TPSA) is 51.2 Å². The monoisotopic (exact) mass is 260 g/mol. The van der Waals surface area contributed by atoms with Crippen molar-refractivity contribution in [2.24, 2.45) is 0 Å². The van der Waals surface area contributed by atoms with E-state index >= 15 is 0 Å². The van der Waals surface area contributed by atoms with E-state index < -0.39 is 11.7 Å². The van der Waals surface area contributed by atoms with E-state index in [9.17, 15) is 9.18 Å². The van der Waals surface area contributed by atoms with Crippen LogP contribution in [-0.4, -0.2) is 18.0 Å². The van der Waals surface area contributed by atoms with Gasteiger partial charge in [0.25, 0.3) is 5.91 Å². The van der Waals surface area contributed by atoms with Crippen LogP contribution in [0.1, 0.15) is 15.9 Å². The number of pyridine rings is 1. The summed E-state index contributed by atoms with van der Waals surface area (Å²) in [6.07, 6.45) is 1.60. The Labute approximate surface area is 110 Å². The number of hydrogen-bond acceptors (Lipinski definition) is 3. The van der Waals surface area contributed by atoms with E-state index in [2.05, 4.69) is 10.3 Å². The summed E-state index contributed by atoms with van der Waals surface area (Å²) in [6.45, 7) is 1.89. The van der Waals surface area contributed by atoms with E-state index in [0.717, 1.165) is 11.6 Å². The lowest BCUT2D eigenvalue weighted by molar-refractivity contribution is 0.102. The Bertz CT molecular complexity index is 614. The van der Waals surface area contributed by atoms with Crippen molar-refractivity contribution in [2.45, 2.75) is 6.92 Å². The summed E-state index contributed by atoms with van der Waals surface area (Å²) < 4.78 is 18.3. The zero-order chi connectivity index (χ0) is 13.8. The van der Waals surface area contributed by atoms with Crippen LogP contribution in [0.2, 0.25) is 0 Å². The first-order chi connectivity index (χ1) is 9.10. The molecule has 2 rings (SSSR count). The number of carbonyl (C=O) groups excluding carboxylic acids is 1. The molecule has 0 fully saturated rings. The SMILES string of the molecule is COc1ccc(C(=O)Nc2cc(C)ccn2)cc1F. The van der Waals surface area contributed by atoms with Gasteiger partial charge in [-0.2, -0.15) is 0 Å². The number of nitrogens with one attached hydrogen (secondary N) is 1. The van der Waals surface area contributed by atoms with Crippen molar-refractivity contribution in [1.82, 2.24) is 4.98 Å². The number of hydrogen-bond donors (Lipinski definition) is 1. The van der Waals surface area contributed by atoms with Crippen LogP contribution in [0.4, 0.5) is 10.2 Å². The number of benzene rings is 1. The molecule has 2 aromatic rings. The first kappa shape index (κ1) is 13.0. The van der Waals surface area contributed by atoms with Crippen molar-refractivity contribution in [3.05, 3.63) is 53.5 Å². The highest BCUT2D eigenvalue weighted by molar-refractivity contribution is 6.03. The highest BCUT2D eigenvalue weighted by atomic mass is 19.1. The van der Waals surface area contributed by atoms with Gasteiger partial charge in [0.2, 0.25) is 0 Å². The van der Waals surface area contributed by atoms with E-state index in [0.29, 0.717) is 5.82 Å². The lowest BCUT2D eigenvalue weighted by Gasteiger charge is -2.06. The number of anilines is 1. The third-order valence-electron chi connectivity index (χ3n) is 2.57. The van der Waals surface area contributed by atoms with Crippen LogP contribution < -0.4 is 10.1 Å². The van der Waals surface area contributed by atoms with E-state index in [1.165, 1.54) is 19.2 Å². The quantitative estimate of drug-likeness (QED) is 0.923. The maximum absolute atomic E-state index is 13.5. The number of ether oxygens (including phenoxy) is 1. The number of amides is 1. The fraction of sp³-hybridized carbons (Fsp3) is 0.143. The maximum Gasteiger partial charge on any atom is 0.256 e. The second-order valence-corrected chi connectivity index (χ2v) is 4.02. The van der Waals surface area contributed by atoms with Crippen molar-refractivity contribution < 1.29 is 13.9 Å². The van der Waals surface area contributed by atoms with Gasteiger partial charge in [0.15, 0.2) is 11.6 Å². The van der Waals surface area contributed by atoms with Gasteiger partial charge >= 0.3 is 0 Å². The second-order valence-electron chi connectivity index (χ2n) is 4.02. The summed E-state index contributed by atoms with van der Waals surface area (Å²) in [5.41, 5.74) is 1.19. The van der Waals surface area contributed by atoms with Crippen LogP contribution in [0.3, 0.4) is 0 Å². The Morgan fingerprint density at radius 3 is 2.74 bits per heavy atom. The van der Waals surface area contributed by atoms with Crippen LogP contribution in [0.25, 0.3) is 0 Å². The average Bonchev–Trinajstić information content (AvgIpc) is 2.38. The third kappa shape index (κ3) is 3.07. The van der Waals surface area contributed by atoms with E-state index in [-0.39, 0.29) is 11.3 Å². The number of carbonyl (C=O) groups is 1. The Morgan fingerprint density at radius 2 is 2.11 bits per heavy atom. The van der Waals surface area contributed by atoms with Gasteiger partial charge < -0.3 is 10.1 Å². The predicted molar refractivity (Wildman–Crippen MR) is 69.9 cm³/mol. The highest BCUT2D eigenvalue weighted by Gasteiger charge is 2.10. The molecule has 0 radical (unpaired) electrons. The number of aryl methyl sites for hydroxylation is 1. The van der Waals surface area contributed by atoms with Gasteiger partial charge in [0, 0.05) is 11.8 Å². The Morgan fingerprint density at radius 1 is 1.32 bits per heavy atom. The molecule has 0 saturated heterocycles. The zero-order valence-electron chi connectivity index (χ0n) is 10.6. The van der Waals surface area contributed by atoms with Crippen molar-refractivity contribution in [1.29, 1.82) is 0 Å². The largest absolute Gasteiger partial charge is 0.494 e. The first-order valence-electron chi connectivity index (χ1n) is 5.67.